The molecule has 1 N–H and O–H groups in total. The zero-order valence-corrected chi connectivity index (χ0v) is 8.34. The standard InChI is InChI=1S/C8H20N3O/c1-9-5-4-7-11(2,3)8-6-10-12/h9H,4-8H2,1-3H3/q+1. The van der Waals surface area contributed by atoms with Crippen molar-refractivity contribution in [2.24, 2.45) is 5.18 Å². The third-order valence-electron chi connectivity index (χ3n) is 1.99. The zero-order chi connectivity index (χ0) is 9.45. The number of nitrogens with one attached hydrogen (secondary N) is 1. The first-order valence-electron chi connectivity index (χ1n) is 4.38. The average Bonchev–Trinajstić information content (AvgIpc) is 2.01. The summed E-state index contributed by atoms with van der Waals surface area (Å²) >= 11 is 0. The van der Waals surface area contributed by atoms with E-state index in [1.54, 1.807) is 0 Å². The quantitative estimate of drug-likeness (QED) is 0.346. The molecule has 0 radical (unpaired) electrons. The first-order chi connectivity index (χ1) is 5.62. The molecule has 0 aromatic carbocycles. The van der Waals surface area contributed by atoms with Crippen LogP contribution in [0.15, 0.2) is 5.18 Å². The van der Waals surface area contributed by atoms with E-state index in [0.717, 1.165) is 30.5 Å². The Morgan fingerprint density at radius 2 is 2.00 bits per heavy atom. The third kappa shape index (κ3) is 6.24. The number of likely N-dealkylation sites (N-methyl/N-ethyl adjacent to an activating group) is 1. The Morgan fingerprint density at radius 1 is 1.33 bits per heavy atom. The van der Waals surface area contributed by atoms with E-state index in [-0.39, 0.29) is 0 Å². The van der Waals surface area contributed by atoms with E-state index in [2.05, 4.69) is 24.6 Å². The molecule has 0 atom stereocenters. The van der Waals surface area contributed by atoms with Crippen LogP contribution in [-0.2, 0) is 0 Å². The van der Waals surface area contributed by atoms with Crippen LogP contribution in [0.1, 0.15) is 6.42 Å². The first-order valence-corrected chi connectivity index (χ1v) is 4.38. The minimum atomic E-state index is 0.423. The lowest BCUT2D eigenvalue weighted by Crippen LogP contribution is -2.43. The summed E-state index contributed by atoms with van der Waals surface area (Å²) in [6.45, 7) is 3.40. The van der Waals surface area contributed by atoms with Crippen molar-refractivity contribution < 1.29 is 4.48 Å². The van der Waals surface area contributed by atoms with Crippen LogP contribution in [0.25, 0.3) is 0 Å². The van der Waals surface area contributed by atoms with E-state index in [4.69, 9.17) is 0 Å². The molecule has 0 aliphatic heterocycles. The maximum Gasteiger partial charge on any atom is 0.130 e. The Bertz CT molecular complexity index is 125. The maximum absolute atomic E-state index is 9.91. The van der Waals surface area contributed by atoms with Crippen LogP contribution < -0.4 is 5.32 Å². The number of hydrogen-bond acceptors (Lipinski definition) is 3. The molecule has 0 spiro atoms. The highest BCUT2D eigenvalue weighted by Gasteiger charge is 2.13. The average molecular weight is 174 g/mol. The third-order valence-corrected chi connectivity index (χ3v) is 1.99. The smallest absolute Gasteiger partial charge is 0.130 e. The van der Waals surface area contributed by atoms with Gasteiger partial charge in [-0.2, -0.15) is 4.91 Å². The summed E-state index contributed by atoms with van der Waals surface area (Å²) in [7, 11) is 6.20. The number of nitrogens with zero attached hydrogens (tertiary/aromatic N) is 2. The van der Waals surface area contributed by atoms with Crippen molar-refractivity contribution in [3.05, 3.63) is 4.91 Å². The molecule has 0 heterocycles. The zero-order valence-electron chi connectivity index (χ0n) is 8.34. The molecule has 0 aromatic heterocycles. The Morgan fingerprint density at radius 3 is 2.50 bits per heavy atom. The predicted molar refractivity (Wildman–Crippen MR) is 51.0 cm³/mol. The normalized spacial score (nSPS) is 11.6. The van der Waals surface area contributed by atoms with Crippen molar-refractivity contribution >= 4 is 0 Å². The molecule has 0 saturated heterocycles. The molecule has 0 fully saturated rings. The van der Waals surface area contributed by atoms with Gasteiger partial charge >= 0.3 is 0 Å². The summed E-state index contributed by atoms with van der Waals surface area (Å²) in [6.07, 6.45) is 1.14. The van der Waals surface area contributed by atoms with E-state index in [0.29, 0.717) is 6.54 Å². The van der Waals surface area contributed by atoms with Gasteiger partial charge in [0.05, 0.1) is 20.6 Å². The maximum atomic E-state index is 9.91. The lowest BCUT2D eigenvalue weighted by atomic mass is 10.3. The van der Waals surface area contributed by atoms with Crippen LogP contribution in [0.5, 0.6) is 0 Å². The van der Waals surface area contributed by atoms with Gasteiger partial charge in [0.25, 0.3) is 0 Å². The van der Waals surface area contributed by atoms with Gasteiger partial charge in [-0.3, -0.25) is 0 Å². The topological polar surface area (TPSA) is 41.5 Å². The van der Waals surface area contributed by atoms with E-state index < -0.39 is 0 Å². The first kappa shape index (κ1) is 11.5. The van der Waals surface area contributed by atoms with Gasteiger partial charge in [0.1, 0.15) is 13.1 Å². The molecule has 72 valence electrons. The fourth-order valence-corrected chi connectivity index (χ4v) is 1.11. The molecular weight excluding hydrogens is 154 g/mol. The Balaban J connectivity index is 3.48. The van der Waals surface area contributed by atoms with E-state index >= 15 is 0 Å². The highest BCUT2D eigenvalue weighted by molar-refractivity contribution is 4.43. The van der Waals surface area contributed by atoms with Crippen LogP contribution >= 0.6 is 0 Å². The molecule has 0 aliphatic rings. The molecule has 0 bridgehead atoms. The van der Waals surface area contributed by atoms with E-state index in [1.807, 2.05) is 7.05 Å². The van der Waals surface area contributed by atoms with Gasteiger partial charge in [0.15, 0.2) is 0 Å². The van der Waals surface area contributed by atoms with Gasteiger partial charge in [-0.05, 0) is 7.05 Å². The second-order valence-electron chi connectivity index (χ2n) is 3.69. The molecule has 0 aromatic rings. The lowest BCUT2D eigenvalue weighted by Gasteiger charge is -2.28. The fraction of sp³-hybridized carbons (Fsp3) is 1.00. The summed E-state index contributed by atoms with van der Waals surface area (Å²) in [6, 6.07) is 0. The SMILES string of the molecule is CNCCC[N+](C)(C)CCN=O. The van der Waals surface area contributed by atoms with E-state index in [9.17, 15) is 4.91 Å². The second kappa shape index (κ2) is 6.08. The van der Waals surface area contributed by atoms with Gasteiger partial charge in [-0.15, -0.1) is 0 Å². The largest absolute Gasteiger partial charge is 0.327 e. The fourth-order valence-electron chi connectivity index (χ4n) is 1.11. The van der Waals surface area contributed by atoms with Crippen LogP contribution in [0, 0.1) is 4.91 Å². The van der Waals surface area contributed by atoms with Gasteiger partial charge in [-0.1, -0.05) is 5.18 Å². The molecule has 4 heteroatoms. The highest BCUT2D eigenvalue weighted by atomic mass is 16.3. The number of rotatable bonds is 7. The summed E-state index contributed by atoms with van der Waals surface area (Å²) in [5, 5.41) is 5.97. The highest BCUT2D eigenvalue weighted by Crippen LogP contribution is 1.98. The number of hydrogen-bond donors (Lipinski definition) is 1. The van der Waals surface area contributed by atoms with Crippen molar-refractivity contribution in [1.29, 1.82) is 0 Å². The lowest BCUT2D eigenvalue weighted by molar-refractivity contribution is -0.888. The number of quaternary nitrogens is 1. The Labute approximate surface area is 74.5 Å². The van der Waals surface area contributed by atoms with Crippen molar-refractivity contribution in [1.82, 2.24) is 5.32 Å². The summed E-state index contributed by atoms with van der Waals surface area (Å²) in [4.78, 5) is 9.91. The Kier molecular flexibility index (Phi) is 5.84. The molecule has 4 nitrogen and oxygen atoms in total. The molecule has 0 amide bonds. The molecule has 12 heavy (non-hydrogen) atoms. The molecule has 0 unspecified atom stereocenters. The van der Waals surface area contributed by atoms with Crippen LogP contribution in [0.4, 0.5) is 0 Å². The van der Waals surface area contributed by atoms with Gasteiger partial charge in [-0.25, -0.2) is 0 Å². The Hall–Kier alpha value is -0.480. The van der Waals surface area contributed by atoms with Crippen molar-refractivity contribution in [2.75, 3.05) is 47.3 Å². The van der Waals surface area contributed by atoms with Gasteiger partial charge in [0, 0.05) is 13.0 Å². The van der Waals surface area contributed by atoms with Crippen molar-refractivity contribution in [2.45, 2.75) is 6.42 Å². The second-order valence-corrected chi connectivity index (χ2v) is 3.69. The van der Waals surface area contributed by atoms with Crippen LogP contribution in [0.2, 0.25) is 0 Å². The van der Waals surface area contributed by atoms with Crippen LogP contribution in [-0.4, -0.2) is 51.8 Å². The predicted octanol–water partition coefficient (Wildman–Crippen LogP) is 0.439. The minimum absolute atomic E-state index is 0.423. The number of nitroso groups, excluding NO2 is 1. The van der Waals surface area contributed by atoms with Crippen molar-refractivity contribution in [3.8, 4) is 0 Å². The summed E-state index contributed by atoms with van der Waals surface area (Å²) in [5.41, 5.74) is 0. The van der Waals surface area contributed by atoms with Crippen LogP contribution in [0.3, 0.4) is 0 Å². The minimum Gasteiger partial charge on any atom is -0.327 e. The molecular formula is C8H20N3O+. The van der Waals surface area contributed by atoms with Crippen molar-refractivity contribution in [3.63, 3.8) is 0 Å². The monoisotopic (exact) mass is 174 g/mol. The molecule has 0 saturated carbocycles. The molecule has 0 aliphatic carbocycles. The molecule has 0 rings (SSSR count). The summed E-state index contributed by atoms with van der Waals surface area (Å²) < 4.78 is 0.882. The summed E-state index contributed by atoms with van der Waals surface area (Å²) in [5.74, 6) is 0. The van der Waals surface area contributed by atoms with Gasteiger partial charge in [0.2, 0.25) is 0 Å². The van der Waals surface area contributed by atoms with Gasteiger partial charge < -0.3 is 9.80 Å². The van der Waals surface area contributed by atoms with E-state index in [1.165, 1.54) is 0 Å².